The number of hydrogen-bond donors (Lipinski definition) is 1. The molecule has 14 heavy (non-hydrogen) atoms. The molecule has 0 aliphatic rings. The monoisotopic (exact) mass is 208 g/mol. The molecule has 0 fully saturated rings. The molecule has 72 valence electrons. The smallest absolute Gasteiger partial charge is 0.340 e. The van der Waals surface area contributed by atoms with E-state index < -0.39 is 5.97 Å². The lowest BCUT2D eigenvalue weighted by Gasteiger charge is -2.02. The maximum absolute atomic E-state index is 11.3. The Labute approximate surface area is 84.3 Å². The van der Waals surface area contributed by atoms with Crippen LogP contribution in [0.3, 0.4) is 0 Å². The Morgan fingerprint density at radius 3 is 3.07 bits per heavy atom. The van der Waals surface area contributed by atoms with Crippen molar-refractivity contribution in [1.29, 1.82) is 0 Å². The fourth-order valence-corrected chi connectivity index (χ4v) is 1.91. The number of carbonyl (C=O) groups is 1. The average Bonchev–Trinajstić information content (AvgIpc) is 2.62. The van der Waals surface area contributed by atoms with Gasteiger partial charge in [0.2, 0.25) is 0 Å². The van der Waals surface area contributed by atoms with Gasteiger partial charge in [0.25, 0.3) is 0 Å². The second-order valence-electron chi connectivity index (χ2n) is 2.75. The van der Waals surface area contributed by atoms with Crippen LogP contribution in [0.4, 0.5) is 5.69 Å². The third kappa shape index (κ3) is 1.31. The molecule has 1 aromatic heterocycles. The van der Waals surface area contributed by atoms with Gasteiger partial charge in [-0.25, -0.2) is 9.78 Å². The minimum absolute atomic E-state index is 0.367. The number of methoxy groups -OCH3 is 1. The van der Waals surface area contributed by atoms with Gasteiger partial charge in [-0.05, 0) is 12.1 Å². The Morgan fingerprint density at radius 1 is 1.57 bits per heavy atom. The van der Waals surface area contributed by atoms with Crippen molar-refractivity contribution in [3.8, 4) is 0 Å². The highest BCUT2D eigenvalue weighted by Crippen LogP contribution is 2.24. The van der Waals surface area contributed by atoms with Crippen LogP contribution in [0.15, 0.2) is 17.6 Å². The molecule has 1 aromatic carbocycles. The summed E-state index contributed by atoms with van der Waals surface area (Å²) in [5.41, 5.74) is 8.97. The quantitative estimate of drug-likeness (QED) is 0.571. The summed E-state index contributed by atoms with van der Waals surface area (Å²) in [6.45, 7) is 0. The third-order valence-electron chi connectivity index (χ3n) is 1.91. The van der Waals surface area contributed by atoms with Crippen molar-refractivity contribution in [2.75, 3.05) is 12.8 Å². The van der Waals surface area contributed by atoms with E-state index in [4.69, 9.17) is 5.73 Å². The Morgan fingerprint density at radius 2 is 2.36 bits per heavy atom. The first-order valence-electron chi connectivity index (χ1n) is 3.93. The minimum atomic E-state index is -0.433. The van der Waals surface area contributed by atoms with Crippen molar-refractivity contribution in [3.05, 3.63) is 23.2 Å². The van der Waals surface area contributed by atoms with Crippen LogP contribution >= 0.6 is 11.3 Å². The van der Waals surface area contributed by atoms with Gasteiger partial charge in [0.1, 0.15) is 0 Å². The lowest BCUT2D eigenvalue weighted by Crippen LogP contribution is -2.05. The van der Waals surface area contributed by atoms with Gasteiger partial charge in [0.05, 0.1) is 28.4 Å². The Bertz CT molecular complexity index is 493. The van der Waals surface area contributed by atoms with Crippen molar-refractivity contribution >= 4 is 33.2 Å². The molecule has 2 N–H and O–H groups in total. The van der Waals surface area contributed by atoms with Gasteiger partial charge in [-0.15, -0.1) is 11.3 Å². The molecule has 0 radical (unpaired) electrons. The van der Waals surface area contributed by atoms with E-state index in [0.29, 0.717) is 11.3 Å². The van der Waals surface area contributed by atoms with Gasteiger partial charge < -0.3 is 10.5 Å². The molecule has 0 aliphatic heterocycles. The van der Waals surface area contributed by atoms with Gasteiger partial charge in [-0.2, -0.15) is 0 Å². The number of nitrogens with zero attached hydrogens (tertiary/aromatic N) is 1. The first-order valence-corrected chi connectivity index (χ1v) is 4.81. The molecule has 1 heterocycles. The molecule has 2 rings (SSSR count). The van der Waals surface area contributed by atoms with Gasteiger partial charge in [0.15, 0.2) is 0 Å². The number of carbonyl (C=O) groups excluding carboxylic acids is 1. The highest BCUT2D eigenvalue weighted by Gasteiger charge is 2.11. The standard InChI is InChI=1S/C9H8N2O2S/c1-13-9(12)5-2-7-8(3-6(5)10)14-4-11-7/h2-4H,10H2,1H3. The van der Waals surface area contributed by atoms with Crippen LogP contribution in [-0.2, 0) is 4.74 Å². The number of nitrogen functional groups attached to an aromatic ring is 1. The molecule has 0 bridgehead atoms. The molecular weight excluding hydrogens is 200 g/mol. The number of ether oxygens (including phenoxy) is 1. The van der Waals surface area contributed by atoms with Gasteiger partial charge in [0, 0.05) is 5.69 Å². The Kier molecular flexibility index (Phi) is 2.09. The number of anilines is 1. The molecule has 0 saturated heterocycles. The predicted molar refractivity (Wildman–Crippen MR) is 55.4 cm³/mol. The number of aromatic nitrogens is 1. The zero-order valence-electron chi connectivity index (χ0n) is 7.48. The summed E-state index contributed by atoms with van der Waals surface area (Å²) in [6, 6.07) is 3.38. The maximum Gasteiger partial charge on any atom is 0.340 e. The number of fused-ring (bicyclic) bond motifs is 1. The zero-order chi connectivity index (χ0) is 10.1. The molecule has 0 atom stereocenters. The first-order chi connectivity index (χ1) is 6.72. The lowest BCUT2D eigenvalue weighted by molar-refractivity contribution is 0.0602. The molecule has 0 saturated carbocycles. The normalized spacial score (nSPS) is 10.4. The number of nitrogens with two attached hydrogens (primary N) is 1. The zero-order valence-corrected chi connectivity index (χ0v) is 8.30. The molecular formula is C9H8N2O2S. The van der Waals surface area contributed by atoms with Crippen LogP contribution in [0.5, 0.6) is 0 Å². The summed E-state index contributed by atoms with van der Waals surface area (Å²) in [5, 5.41) is 0. The molecule has 2 aromatic rings. The van der Waals surface area contributed by atoms with Gasteiger partial charge >= 0.3 is 5.97 Å². The van der Waals surface area contributed by atoms with Crippen LogP contribution in [0.2, 0.25) is 0 Å². The molecule has 0 amide bonds. The topological polar surface area (TPSA) is 65.2 Å². The van der Waals surface area contributed by atoms with Crippen molar-refractivity contribution in [2.45, 2.75) is 0 Å². The summed E-state index contributed by atoms with van der Waals surface area (Å²) in [5.74, 6) is -0.433. The summed E-state index contributed by atoms with van der Waals surface area (Å²) >= 11 is 1.49. The molecule has 4 nitrogen and oxygen atoms in total. The van der Waals surface area contributed by atoms with Crippen molar-refractivity contribution in [2.24, 2.45) is 0 Å². The fraction of sp³-hybridized carbons (Fsp3) is 0.111. The van der Waals surface area contributed by atoms with Crippen molar-refractivity contribution < 1.29 is 9.53 Å². The summed E-state index contributed by atoms with van der Waals surface area (Å²) in [6.07, 6.45) is 0. The largest absolute Gasteiger partial charge is 0.465 e. The van der Waals surface area contributed by atoms with E-state index in [9.17, 15) is 4.79 Å². The summed E-state index contributed by atoms with van der Waals surface area (Å²) in [4.78, 5) is 15.4. The number of rotatable bonds is 1. The van der Waals surface area contributed by atoms with E-state index in [0.717, 1.165) is 10.2 Å². The van der Waals surface area contributed by atoms with Gasteiger partial charge in [-0.3, -0.25) is 0 Å². The van der Waals surface area contributed by atoms with Crippen molar-refractivity contribution in [1.82, 2.24) is 4.98 Å². The Hall–Kier alpha value is -1.62. The number of benzene rings is 1. The second kappa shape index (κ2) is 3.26. The van der Waals surface area contributed by atoms with E-state index in [1.54, 1.807) is 17.6 Å². The average molecular weight is 208 g/mol. The van der Waals surface area contributed by atoms with E-state index in [1.807, 2.05) is 0 Å². The molecule has 0 spiro atoms. The number of esters is 1. The maximum atomic E-state index is 11.3. The molecule has 5 heteroatoms. The summed E-state index contributed by atoms with van der Waals surface area (Å²) < 4.78 is 5.57. The van der Waals surface area contributed by atoms with E-state index >= 15 is 0 Å². The Balaban J connectivity index is 2.64. The minimum Gasteiger partial charge on any atom is -0.465 e. The number of hydrogen-bond acceptors (Lipinski definition) is 5. The fourth-order valence-electron chi connectivity index (χ4n) is 1.21. The number of thiazole rings is 1. The molecule has 0 aliphatic carbocycles. The first kappa shape index (κ1) is 8.96. The van der Waals surface area contributed by atoms with Crippen LogP contribution < -0.4 is 5.73 Å². The van der Waals surface area contributed by atoms with E-state index in [-0.39, 0.29) is 0 Å². The van der Waals surface area contributed by atoms with Crippen LogP contribution in [0.25, 0.3) is 10.2 Å². The van der Waals surface area contributed by atoms with E-state index in [1.165, 1.54) is 18.4 Å². The van der Waals surface area contributed by atoms with Crippen LogP contribution in [-0.4, -0.2) is 18.1 Å². The predicted octanol–water partition coefficient (Wildman–Crippen LogP) is 1.67. The SMILES string of the molecule is COC(=O)c1cc2ncsc2cc1N. The second-order valence-corrected chi connectivity index (χ2v) is 3.64. The summed E-state index contributed by atoms with van der Waals surface area (Å²) in [7, 11) is 1.33. The highest BCUT2D eigenvalue weighted by atomic mass is 32.1. The van der Waals surface area contributed by atoms with Gasteiger partial charge in [-0.1, -0.05) is 0 Å². The van der Waals surface area contributed by atoms with Crippen LogP contribution in [0.1, 0.15) is 10.4 Å². The van der Waals surface area contributed by atoms with Crippen molar-refractivity contribution in [3.63, 3.8) is 0 Å². The van der Waals surface area contributed by atoms with Crippen LogP contribution in [0, 0.1) is 0 Å². The highest BCUT2D eigenvalue weighted by molar-refractivity contribution is 7.16. The molecule has 0 unspecified atom stereocenters. The van der Waals surface area contributed by atoms with E-state index in [2.05, 4.69) is 9.72 Å². The lowest BCUT2D eigenvalue weighted by atomic mass is 10.2. The third-order valence-corrected chi connectivity index (χ3v) is 2.70.